The first-order valence-electron chi connectivity index (χ1n) is 3.30. The first-order valence-corrected chi connectivity index (χ1v) is 4.89. The van der Waals surface area contributed by atoms with Gasteiger partial charge in [-0.1, -0.05) is 0 Å². The first-order chi connectivity index (χ1) is 6.31. The van der Waals surface area contributed by atoms with Crippen LogP contribution in [0.2, 0.25) is 0 Å². The Balaban J connectivity index is 3.13. The average Bonchev–Trinajstić information content (AvgIpc) is 2.04. The molecule has 0 aliphatic carbocycles. The van der Waals surface area contributed by atoms with Crippen LogP contribution in [0.1, 0.15) is 0 Å². The van der Waals surface area contributed by atoms with Gasteiger partial charge in [-0.05, 0) is 44.0 Å². The van der Waals surface area contributed by atoms with Crippen molar-refractivity contribution >= 4 is 37.5 Å². The van der Waals surface area contributed by atoms with Crippen LogP contribution >= 0.6 is 31.9 Å². The molecule has 78 valence electrons. The average molecular weight is 335 g/mol. The van der Waals surface area contributed by atoms with E-state index >= 15 is 0 Å². The summed E-state index contributed by atoms with van der Waals surface area (Å²) in [4.78, 5) is 0. The van der Waals surface area contributed by atoms with E-state index < -0.39 is 6.36 Å². The van der Waals surface area contributed by atoms with Gasteiger partial charge in [-0.25, -0.2) is 0 Å². The van der Waals surface area contributed by atoms with Gasteiger partial charge >= 0.3 is 6.36 Å². The summed E-state index contributed by atoms with van der Waals surface area (Å²) in [6.45, 7) is 0. The lowest BCUT2D eigenvalue weighted by Crippen LogP contribution is -2.18. The molecule has 7 heteroatoms. The van der Waals surface area contributed by atoms with Gasteiger partial charge in [0.2, 0.25) is 0 Å². The fourth-order valence-electron chi connectivity index (χ4n) is 0.757. The highest BCUT2D eigenvalue weighted by Crippen LogP contribution is 2.40. The molecular formula is C7H4Br2F3NO. The van der Waals surface area contributed by atoms with Gasteiger partial charge in [0.1, 0.15) is 0 Å². The zero-order chi connectivity index (χ0) is 10.9. The van der Waals surface area contributed by atoms with E-state index in [1.807, 2.05) is 0 Å². The van der Waals surface area contributed by atoms with Crippen LogP contribution in [0.25, 0.3) is 0 Å². The number of hydrogen-bond acceptors (Lipinski definition) is 2. The molecule has 0 spiro atoms. The van der Waals surface area contributed by atoms with E-state index in [0.29, 0.717) is 0 Å². The van der Waals surface area contributed by atoms with Crippen molar-refractivity contribution in [3.8, 4) is 5.75 Å². The monoisotopic (exact) mass is 333 g/mol. The summed E-state index contributed by atoms with van der Waals surface area (Å²) in [6, 6.07) is 2.83. The molecule has 2 nitrogen and oxygen atoms in total. The Morgan fingerprint density at radius 3 is 2.29 bits per heavy atom. The number of benzene rings is 1. The van der Waals surface area contributed by atoms with Crippen molar-refractivity contribution in [1.82, 2.24) is 0 Å². The molecule has 0 unspecified atom stereocenters. The molecule has 0 bridgehead atoms. The maximum atomic E-state index is 11.9. The molecule has 2 N–H and O–H groups in total. The second kappa shape index (κ2) is 3.98. The molecule has 0 amide bonds. The smallest absolute Gasteiger partial charge is 0.403 e. The number of rotatable bonds is 1. The summed E-state index contributed by atoms with van der Waals surface area (Å²) < 4.78 is 39.8. The molecule has 14 heavy (non-hydrogen) atoms. The summed E-state index contributed by atoms with van der Waals surface area (Å²) >= 11 is 5.83. The Kier molecular flexibility index (Phi) is 3.31. The minimum atomic E-state index is -4.74. The molecule has 0 saturated heterocycles. The highest BCUT2D eigenvalue weighted by Gasteiger charge is 2.33. The van der Waals surface area contributed by atoms with Crippen molar-refractivity contribution in [2.24, 2.45) is 0 Å². The van der Waals surface area contributed by atoms with Crippen LogP contribution < -0.4 is 10.5 Å². The van der Waals surface area contributed by atoms with Gasteiger partial charge in [0, 0.05) is 5.69 Å². The molecule has 0 aromatic heterocycles. The molecule has 0 saturated carbocycles. The first kappa shape index (κ1) is 11.6. The molecule has 0 fully saturated rings. The highest BCUT2D eigenvalue weighted by molar-refractivity contribution is 9.11. The molecule has 0 aliphatic heterocycles. The Bertz CT molecular complexity index is 354. The van der Waals surface area contributed by atoms with Gasteiger partial charge in [0.15, 0.2) is 5.75 Å². The van der Waals surface area contributed by atoms with E-state index in [1.54, 1.807) is 0 Å². The topological polar surface area (TPSA) is 35.2 Å². The van der Waals surface area contributed by atoms with E-state index in [9.17, 15) is 13.2 Å². The standard InChI is InChI=1S/C7H4Br2F3NO/c8-3-1-2-4(13)5(9)6(3)14-7(10,11)12/h1-2H,13H2. The highest BCUT2D eigenvalue weighted by atomic mass is 79.9. The predicted octanol–water partition coefficient (Wildman–Crippen LogP) is 3.69. The summed E-state index contributed by atoms with van der Waals surface area (Å²) in [7, 11) is 0. The molecule has 0 heterocycles. The quantitative estimate of drug-likeness (QED) is 0.795. The predicted molar refractivity (Wildman–Crippen MR) is 52.9 cm³/mol. The molecular weight excluding hydrogens is 331 g/mol. The zero-order valence-electron chi connectivity index (χ0n) is 6.53. The molecule has 0 atom stereocenters. The summed E-state index contributed by atoms with van der Waals surface area (Å²) in [5, 5.41) is 0. The number of ether oxygens (including phenoxy) is 1. The van der Waals surface area contributed by atoms with Crippen LogP contribution in [0, 0.1) is 0 Å². The Hall–Kier alpha value is -0.430. The minimum absolute atomic E-state index is 0.0733. The minimum Gasteiger partial charge on any atom is -0.403 e. The summed E-state index contributed by atoms with van der Waals surface area (Å²) in [5.41, 5.74) is 5.57. The van der Waals surface area contributed by atoms with Gasteiger partial charge in [-0.15, -0.1) is 13.2 Å². The van der Waals surface area contributed by atoms with Gasteiger partial charge in [0.25, 0.3) is 0 Å². The number of alkyl halides is 3. The van der Waals surface area contributed by atoms with Crippen LogP contribution in [0.4, 0.5) is 18.9 Å². The number of nitrogen functional groups attached to an aromatic ring is 1. The third-order valence-electron chi connectivity index (χ3n) is 1.30. The largest absolute Gasteiger partial charge is 0.573 e. The van der Waals surface area contributed by atoms with E-state index in [-0.39, 0.29) is 20.4 Å². The Morgan fingerprint density at radius 1 is 1.21 bits per heavy atom. The fraction of sp³-hybridized carbons (Fsp3) is 0.143. The van der Waals surface area contributed by atoms with Crippen LogP contribution in [0.5, 0.6) is 5.75 Å². The summed E-state index contributed by atoms with van der Waals surface area (Å²) in [5.74, 6) is -0.377. The second-order valence-corrected chi connectivity index (χ2v) is 3.97. The van der Waals surface area contributed by atoms with E-state index in [2.05, 4.69) is 36.6 Å². The maximum Gasteiger partial charge on any atom is 0.573 e. The van der Waals surface area contributed by atoms with Crippen molar-refractivity contribution in [1.29, 1.82) is 0 Å². The van der Waals surface area contributed by atoms with E-state index in [1.165, 1.54) is 12.1 Å². The molecule has 1 aromatic carbocycles. The van der Waals surface area contributed by atoms with Crippen LogP contribution in [0.15, 0.2) is 21.1 Å². The lowest BCUT2D eigenvalue weighted by Gasteiger charge is -2.13. The Morgan fingerprint density at radius 2 is 1.79 bits per heavy atom. The zero-order valence-corrected chi connectivity index (χ0v) is 9.70. The fourth-order valence-corrected chi connectivity index (χ4v) is 1.86. The number of anilines is 1. The third-order valence-corrected chi connectivity index (χ3v) is 2.74. The van der Waals surface area contributed by atoms with Crippen molar-refractivity contribution in [3.63, 3.8) is 0 Å². The van der Waals surface area contributed by atoms with E-state index in [0.717, 1.165) is 0 Å². The van der Waals surface area contributed by atoms with Gasteiger partial charge in [-0.2, -0.15) is 0 Å². The van der Waals surface area contributed by atoms with Crippen LogP contribution in [-0.4, -0.2) is 6.36 Å². The van der Waals surface area contributed by atoms with Crippen molar-refractivity contribution in [2.75, 3.05) is 5.73 Å². The molecule has 1 rings (SSSR count). The maximum absolute atomic E-state index is 11.9. The molecule has 0 aliphatic rings. The number of halogens is 5. The summed E-state index contributed by atoms with van der Waals surface area (Å²) in [6.07, 6.45) is -4.74. The SMILES string of the molecule is Nc1ccc(Br)c(OC(F)(F)F)c1Br. The van der Waals surface area contributed by atoms with Crippen molar-refractivity contribution in [2.45, 2.75) is 6.36 Å². The Labute approximate surface area is 94.5 Å². The third kappa shape index (κ3) is 2.78. The molecule has 1 aromatic rings. The van der Waals surface area contributed by atoms with Crippen LogP contribution in [0.3, 0.4) is 0 Å². The van der Waals surface area contributed by atoms with E-state index in [4.69, 9.17) is 5.73 Å². The lowest BCUT2D eigenvalue weighted by atomic mass is 10.3. The van der Waals surface area contributed by atoms with Crippen molar-refractivity contribution in [3.05, 3.63) is 21.1 Å². The van der Waals surface area contributed by atoms with Gasteiger partial charge in [-0.3, -0.25) is 0 Å². The number of hydrogen-bond donors (Lipinski definition) is 1. The van der Waals surface area contributed by atoms with Crippen molar-refractivity contribution < 1.29 is 17.9 Å². The molecule has 0 radical (unpaired) electrons. The number of nitrogens with two attached hydrogens (primary N) is 1. The normalized spacial score (nSPS) is 11.5. The van der Waals surface area contributed by atoms with Gasteiger partial charge in [0.05, 0.1) is 8.95 Å². The van der Waals surface area contributed by atoms with Gasteiger partial charge < -0.3 is 10.5 Å². The second-order valence-electron chi connectivity index (χ2n) is 2.33. The van der Waals surface area contributed by atoms with Crippen LogP contribution in [-0.2, 0) is 0 Å². The lowest BCUT2D eigenvalue weighted by molar-refractivity contribution is -0.275.